The predicted octanol–water partition coefficient (Wildman–Crippen LogP) is 5.47. The van der Waals surface area contributed by atoms with Gasteiger partial charge in [-0.25, -0.2) is 0 Å². The molecule has 2 aliphatic carbocycles. The molecule has 1 atom stereocenters. The molecule has 0 radical (unpaired) electrons. The van der Waals surface area contributed by atoms with Crippen LogP contribution in [0, 0.1) is 11.3 Å². The summed E-state index contributed by atoms with van der Waals surface area (Å²) >= 11 is 0. The number of hydrogen-bond donors (Lipinski definition) is 1. The average molecular weight is 454 g/mol. The Bertz CT molecular complexity index is 1150. The van der Waals surface area contributed by atoms with Gasteiger partial charge in [-0.2, -0.15) is 0 Å². The Balaban J connectivity index is 1.05. The van der Waals surface area contributed by atoms with E-state index in [4.69, 9.17) is 0 Å². The van der Waals surface area contributed by atoms with Crippen LogP contribution in [0.2, 0.25) is 0 Å². The van der Waals surface area contributed by atoms with Crippen LogP contribution in [0.3, 0.4) is 0 Å². The van der Waals surface area contributed by atoms with E-state index in [1.807, 2.05) is 12.3 Å². The number of rotatable bonds is 6. The van der Waals surface area contributed by atoms with Crippen molar-refractivity contribution >= 4 is 16.8 Å². The van der Waals surface area contributed by atoms with E-state index in [-0.39, 0.29) is 16.7 Å². The second-order valence-corrected chi connectivity index (χ2v) is 11.0. The number of carbonyl (C=O) groups is 1. The van der Waals surface area contributed by atoms with Gasteiger partial charge in [0, 0.05) is 36.0 Å². The number of pyridine rings is 1. The van der Waals surface area contributed by atoms with Crippen LogP contribution in [-0.2, 0) is 16.8 Å². The number of piperidine rings is 1. The molecule has 1 aromatic heterocycles. The summed E-state index contributed by atoms with van der Waals surface area (Å²) in [5, 5.41) is 4.62. The van der Waals surface area contributed by atoms with Gasteiger partial charge in [0.15, 0.2) is 0 Å². The van der Waals surface area contributed by atoms with Gasteiger partial charge >= 0.3 is 0 Å². The maximum absolute atomic E-state index is 13.2. The van der Waals surface area contributed by atoms with Gasteiger partial charge in [0.2, 0.25) is 5.91 Å². The van der Waals surface area contributed by atoms with Crippen LogP contribution in [0.5, 0.6) is 0 Å². The summed E-state index contributed by atoms with van der Waals surface area (Å²) in [5.74, 6) is 0.511. The molecule has 1 saturated heterocycles. The van der Waals surface area contributed by atoms with Crippen LogP contribution in [0.1, 0.15) is 56.1 Å². The minimum atomic E-state index is 0.134. The molecule has 1 aliphatic heterocycles. The summed E-state index contributed by atoms with van der Waals surface area (Å²) in [4.78, 5) is 20.4. The maximum Gasteiger partial charge on any atom is 0.223 e. The highest BCUT2D eigenvalue weighted by Gasteiger charge is 2.58. The molecule has 4 heteroatoms. The van der Waals surface area contributed by atoms with Gasteiger partial charge in [0.25, 0.3) is 0 Å². The maximum atomic E-state index is 13.2. The molecule has 3 aliphatic rings. The first-order valence-corrected chi connectivity index (χ1v) is 13.1. The lowest BCUT2D eigenvalue weighted by molar-refractivity contribution is -0.123. The van der Waals surface area contributed by atoms with E-state index in [0.29, 0.717) is 5.91 Å². The van der Waals surface area contributed by atoms with Crippen LogP contribution in [0.15, 0.2) is 66.9 Å². The van der Waals surface area contributed by atoms with Gasteiger partial charge in [-0.05, 0) is 67.8 Å². The lowest BCUT2D eigenvalue weighted by Crippen LogP contribution is -2.41. The Morgan fingerprint density at radius 2 is 1.71 bits per heavy atom. The second-order valence-electron chi connectivity index (χ2n) is 11.0. The fourth-order valence-corrected chi connectivity index (χ4v) is 6.75. The number of hydrogen-bond acceptors (Lipinski definition) is 3. The zero-order valence-electron chi connectivity index (χ0n) is 20.0. The molecule has 1 amide bonds. The highest BCUT2D eigenvalue weighted by Crippen LogP contribution is 2.59. The fourth-order valence-electron chi connectivity index (χ4n) is 6.75. The van der Waals surface area contributed by atoms with Gasteiger partial charge in [0.1, 0.15) is 0 Å². The molecular formula is C30H35N3O. The third-order valence-electron chi connectivity index (χ3n) is 9.02. The van der Waals surface area contributed by atoms with Gasteiger partial charge < -0.3 is 5.32 Å². The molecule has 2 aromatic carbocycles. The number of carbonyl (C=O) groups excluding carboxylic acids is 1. The van der Waals surface area contributed by atoms with Crippen molar-refractivity contribution in [3.05, 3.63) is 78.0 Å². The zero-order chi connectivity index (χ0) is 23.0. The van der Waals surface area contributed by atoms with E-state index in [0.717, 1.165) is 51.0 Å². The van der Waals surface area contributed by atoms with Crippen molar-refractivity contribution in [3.63, 3.8) is 0 Å². The molecule has 6 rings (SSSR count). The van der Waals surface area contributed by atoms with E-state index in [1.54, 1.807) is 0 Å². The normalized spacial score (nSPS) is 23.2. The highest BCUT2D eigenvalue weighted by atomic mass is 16.2. The number of likely N-dealkylation sites (tertiary alicyclic amines) is 1. The molecule has 1 unspecified atom stereocenters. The summed E-state index contributed by atoms with van der Waals surface area (Å²) in [6.45, 7) is 3.88. The van der Waals surface area contributed by atoms with Crippen LogP contribution in [0.4, 0.5) is 0 Å². The summed E-state index contributed by atoms with van der Waals surface area (Å²) in [7, 11) is 0. The SMILES string of the molecule is O=C(NCC1(c2ccccc2)CCCC1)C1CC12CCN(Cc1cccc3cccnc13)CC2. The number of fused-ring (bicyclic) bond motifs is 1. The predicted molar refractivity (Wildman–Crippen MR) is 136 cm³/mol. The molecule has 1 N–H and O–H groups in total. The number of nitrogens with one attached hydrogen (secondary N) is 1. The van der Waals surface area contributed by atoms with E-state index < -0.39 is 0 Å². The van der Waals surface area contributed by atoms with Crippen molar-refractivity contribution in [2.24, 2.45) is 11.3 Å². The fraction of sp³-hybridized carbons (Fsp3) is 0.467. The zero-order valence-corrected chi connectivity index (χ0v) is 20.0. The van der Waals surface area contributed by atoms with Crippen molar-refractivity contribution in [2.75, 3.05) is 19.6 Å². The number of para-hydroxylation sites is 1. The second kappa shape index (κ2) is 8.81. The van der Waals surface area contributed by atoms with Gasteiger partial charge in [-0.1, -0.05) is 67.4 Å². The number of nitrogens with zero attached hydrogens (tertiary/aromatic N) is 2. The first-order valence-electron chi connectivity index (χ1n) is 13.1. The third kappa shape index (κ3) is 4.02. The number of amides is 1. The molecule has 4 nitrogen and oxygen atoms in total. The quantitative estimate of drug-likeness (QED) is 0.539. The minimum Gasteiger partial charge on any atom is -0.355 e. The van der Waals surface area contributed by atoms with Gasteiger partial charge in [-0.15, -0.1) is 0 Å². The molecule has 0 bridgehead atoms. The van der Waals surface area contributed by atoms with Crippen molar-refractivity contribution in [1.29, 1.82) is 0 Å². The molecule has 34 heavy (non-hydrogen) atoms. The third-order valence-corrected chi connectivity index (χ3v) is 9.02. The molecule has 176 valence electrons. The Kier molecular flexibility index (Phi) is 5.65. The van der Waals surface area contributed by atoms with Crippen LogP contribution >= 0.6 is 0 Å². The lowest BCUT2D eigenvalue weighted by Gasteiger charge is -2.33. The Labute approximate surface area is 202 Å². The average Bonchev–Trinajstić information content (AvgIpc) is 3.37. The molecule has 2 heterocycles. The smallest absolute Gasteiger partial charge is 0.223 e. The summed E-state index contributed by atoms with van der Waals surface area (Å²) in [5.41, 5.74) is 4.20. The van der Waals surface area contributed by atoms with E-state index in [9.17, 15) is 4.79 Å². The lowest BCUT2D eigenvalue weighted by atomic mass is 9.78. The summed E-state index contributed by atoms with van der Waals surface area (Å²) in [6, 6.07) is 21.5. The van der Waals surface area contributed by atoms with Crippen molar-refractivity contribution in [2.45, 2.75) is 56.9 Å². The van der Waals surface area contributed by atoms with Crippen LogP contribution in [0.25, 0.3) is 10.9 Å². The standard InChI is InChI=1S/C30H35N3O/c34-28(32-22-30(13-4-5-14-30)25-11-2-1-3-12-25)26-20-29(26)15-18-33(19-16-29)21-24-9-6-8-23-10-7-17-31-27(23)24/h1-3,6-12,17,26H,4-5,13-16,18-22H2,(H,32,34). The summed E-state index contributed by atoms with van der Waals surface area (Å²) in [6.07, 6.45) is 10.1. The molecule has 3 fully saturated rings. The van der Waals surface area contributed by atoms with E-state index in [1.165, 1.54) is 42.2 Å². The monoisotopic (exact) mass is 453 g/mol. The van der Waals surface area contributed by atoms with Crippen LogP contribution < -0.4 is 5.32 Å². The minimum absolute atomic E-state index is 0.134. The van der Waals surface area contributed by atoms with Crippen molar-refractivity contribution < 1.29 is 4.79 Å². The Morgan fingerprint density at radius 3 is 2.50 bits per heavy atom. The van der Waals surface area contributed by atoms with Gasteiger partial charge in [0.05, 0.1) is 5.52 Å². The molecule has 3 aromatic rings. The topological polar surface area (TPSA) is 45.2 Å². The molecular weight excluding hydrogens is 418 g/mol. The first kappa shape index (κ1) is 21.8. The van der Waals surface area contributed by atoms with E-state index >= 15 is 0 Å². The largest absolute Gasteiger partial charge is 0.355 e. The van der Waals surface area contributed by atoms with Gasteiger partial charge in [-0.3, -0.25) is 14.7 Å². The number of aromatic nitrogens is 1. The van der Waals surface area contributed by atoms with Crippen LogP contribution in [-0.4, -0.2) is 35.4 Å². The number of benzene rings is 2. The highest BCUT2D eigenvalue weighted by molar-refractivity contribution is 5.83. The van der Waals surface area contributed by atoms with Crippen molar-refractivity contribution in [1.82, 2.24) is 15.2 Å². The Morgan fingerprint density at radius 1 is 0.941 bits per heavy atom. The van der Waals surface area contributed by atoms with Crippen molar-refractivity contribution in [3.8, 4) is 0 Å². The molecule has 2 saturated carbocycles. The van der Waals surface area contributed by atoms with E-state index in [2.05, 4.69) is 69.8 Å². The molecule has 1 spiro atoms. The Hall–Kier alpha value is -2.72. The first-order chi connectivity index (χ1) is 16.7. The summed E-state index contributed by atoms with van der Waals surface area (Å²) < 4.78 is 0.